The van der Waals surface area contributed by atoms with Crippen molar-refractivity contribution in [1.29, 1.82) is 5.26 Å². The highest BCUT2D eigenvalue weighted by atomic mass is 35.5. The normalized spacial score (nSPS) is 10.4. The number of nitrogens with zero attached hydrogens (tertiary/aromatic N) is 2. The van der Waals surface area contributed by atoms with Gasteiger partial charge in [-0.05, 0) is 31.5 Å². The number of aromatic nitrogens is 2. The first-order valence-electron chi connectivity index (χ1n) is 8.68. The van der Waals surface area contributed by atoms with E-state index in [0.717, 1.165) is 22.9 Å². The number of H-pyrrole nitrogens is 1. The minimum atomic E-state index is -0.535. The number of thioether (sulfide) groups is 1. The van der Waals surface area contributed by atoms with Crippen molar-refractivity contribution in [2.75, 3.05) is 11.1 Å². The Hall–Kier alpha value is -3.08. The molecule has 29 heavy (non-hydrogen) atoms. The molecule has 8 heteroatoms. The number of hydrogen-bond donors (Lipinski definition) is 2. The van der Waals surface area contributed by atoms with Gasteiger partial charge in [0.15, 0.2) is 5.16 Å². The Morgan fingerprint density at radius 3 is 2.66 bits per heavy atom. The summed E-state index contributed by atoms with van der Waals surface area (Å²) in [6, 6.07) is 14.6. The first-order chi connectivity index (χ1) is 13.9. The second-order valence-electron chi connectivity index (χ2n) is 6.32. The van der Waals surface area contributed by atoms with E-state index in [2.05, 4.69) is 15.3 Å². The van der Waals surface area contributed by atoms with Crippen LogP contribution in [0.15, 0.2) is 52.4 Å². The lowest BCUT2D eigenvalue weighted by Gasteiger charge is -2.10. The SMILES string of the molecule is Cc1ccc(-c2nc(SCC(=O)Nc3cccc(Cl)c3C)[nH]c(=O)c2C#N)cc1. The molecule has 1 heterocycles. The lowest BCUT2D eigenvalue weighted by molar-refractivity contribution is -0.113. The average molecular weight is 425 g/mol. The maximum atomic E-state index is 12.3. The highest BCUT2D eigenvalue weighted by Crippen LogP contribution is 2.24. The largest absolute Gasteiger partial charge is 0.325 e. The van der Waals surface area contributed by atoms with Crippen molar-refractivity contribution in [3.63, 3.8) is 0 Å². The molecular formula is C21H17ClN4O2S. The second kappa shape index (κ2) is 8.95. The summed E-state index contributed by atoms with van der Waals surface area (Å²) in [5, 5.41) is 13.0. The molecule has 1 amide bonds. The van der Waals surface area contributed by atoms with Gasteiger partial charge in [0.2, 0.25) is 5.91 Å². The van der Waals surface area contributed by atoms with Crippen molar-refractivity contribution < 1.29 is 4.79 Å². The van der Waals surface area contributed by atoms with Crippen molar-refractivity contribution in [2.24, 2.45) is 0 Å². The molecule has 0 fully saturated rings. The Morgan fingerprint density at radius 2 is 1.97 bits per heavy atom. The fraction of sp³-hybridized carbons (Fsp3) is 0.143. The average Bonchev–Trinajstić information content (AvgIpc) is 2.70. The summed E-state index contributed by atoms with van der Waals surface area (Å²) in [7, 11) is 0. The molecule has 0 atom stereocenters. The molecule has 0 aliphatic carbocycles. The van der Waals surface area contributed by atoms with Crippen molar-refractivity contribution in [2.45, 2.75) is 19.0 Å². The Labute approximate surface area is 177 Å². The number of halogens is 1. The number of nitrogens with one attached hydrogen (secondary N) is 2. The summed E-state index contributed by atoms with van der Waals surface area (Å²) in [6.45, 7) is 3.76. The van der Waals surface area contributed by atoms with Gasteiger partial charge in [0.05, 0.1) is 11.4 Å². The van der Waals surface area contributed by atoms with E-state index >= 15 is 0 Å². The van der Waals surface area contributed by atoms with Crippen LogP contribution in [0.4, 0.5) is 5.69 Å². The van der Waals surface area contributed by atoms with Gasteiger partial charge in [0, 0.05) is 16.3 Å². The lowest BCUT2D eigenvalue weighted by Crippen LogP contribution is -2.18. The van der Waals surface area contributed by atoms with Crippen LogP contribution in [0.5, 0.6) is 0 Å². The Balaban J connectivity index is 1.80. The minimum Gasteiger partial charge on any atom is -0.325 e. The Morgan fingerprint density at radius 1 is 1.24 bits per heavy atom. The fourth-order valence-corrected chi connectivity index (χ4v) is 3.44. The van der Waals surface area contributed by atoms with E-state index in [4.69, 9.17) is 11.6 Å². The maximum absolute atomic E-state index is 12.3. The lowest BCUT2D eigenvalue weighted by atomic mass is 10.1. The van der Waals surface area contributed by atoms with E-state index in [9.17, 15) is 14.9 Å². The molecule has 0 aliphatic rings. The van der Waals surface area contributed by atoms with E-state index in [-0.39, 0.29) is 22.4 Å². The van der Waals surface area contributed by atoms with Crippen LogP contribution >= 0.6 is 23.4 Å². The highest BCUT2D eigenvalue weighted by molar-refractivity contribution is 7.99. The molecule has 146 valence electrons. The molecule has 2 N–H and O–H groups in total. The number of aromatic amines is 1. The van der Waals surface area contributed by atoms with E-state index in [1.807, 2.05) is 32.0 Å². The number of carbonyl (C=O) groups is 1. The predicted octanol–water partition coefficient (Wildman–Crippen LogP) is 4.31. The number of hydrogen-bond acceptors (Lipinski definition) is 5. The number of carbonyl (C=O) groups excluding carboxylic acids is 1. The van der Waals surface area contributed by atoms with Gasteiger partial charge < -0.3 is 10.3 Å². The molecule has 0 saturated heterocycles. The third kappa shape index (κ3) is 4.86. The summed E-state index contributed by atoms with van der Waals surface area (Å²) in [6.07, 6.45) is 0. The summed E-state index contributed by atoms with van der Waals surface area (Å²) in [4.78, 5) is 31.6. The van der Waals surface area contributed by atoms with Gasteiger partial charge >= 0.3 is 0 Å². The van der Waals surface area contributed by atoms with Gasteiger partial charge in [-0.15, -0.1) is 0 Å². The molecule has 0 bridgehead atoms. The topological polar surface area (TPSA) is 98.6 Å². The molecule has 3 aromatic rings. The summed E-state index contributed by atoms with van der Waals surface area (Å²) in [5.41, 5.74) is 2.83. The third-order valence-corrected chi connectivity index (χ3v) is 5.50. The van der Waals surface area contributed by atoms with Gasteiger partial charge in [0.25, 0.3) is 5.56 Å². The molecular weight excluding hydrogens is 408 g/mol. The van der Waals surface area contributed by atoms with Crippen LogP contribution in [0.25, 0.3) is 11.3 Å². The molecule has 2 aromatic carbocycles. The molecule has 0 aliphatic heterocycles. The summed E-state index contributed by atoms with van der Waals surface area (Å²) in [5.74, 6) is -0.224. The molecule has 0 spiro atoms. The van der Waals surface area contributed by atoms with Gasteiger partial charge in [-0.25, -0.2) is 4.98 Å². The van der Waals surface area contributed by atoms with E-state index in [1.54, 1.807) is 30.3 Å². The zero-order chi connectivity index (χ0) is 21.0. The van der Waals surface area contributed by atoms with Crippen LogP contribution in [-0.2, 0) is 4.79 Å². The molecule has 6 nitrogen and oxygen atoms in total. The van der Waals surface area contributed by atoms with Crippen LogP contribution in [0, 0.1) is 25.2 Å². The van der Waals surface area contributed by atoms with Crippen molar-refractivity contribution in [3.8, 4) is 17.3 Å². The van der Waals surface area contributed by atoms with Crippen molar-refractivity contribution in [1.82, 2.24) is 9.97 Å². The quantitative estimate of drug-likeness (QED) is 0.469. The standard InChI is InChI=1S/C21H17ClN4O2S/c1-12-6-8-14(9-7-12)19-15(10-23)20(28)26-21(25-19)29-11-18(27)24-17-5-3-4-16(22)13(17)2/h3-9H,11H2,1-2H3,(H,24,27)(H,25,26,28). The van der Waals surface area contributed by atoms with Gasteiger partial charge in [0.1, 0.15) is 11.6 Å². The predicted molar refractivity (Wildman–Crippen MR) is 115 cm³/mol. The van der Waals surface area contributed by atoms with Crippen molar-refractivity contribution in [3.05, 3.63) is 74.5 Å². The Kier molecular flexibility index (Phi) is 6.37. The van der Waals surface area contributed by atoms with Crippen LogP contribution in [0.3, 0.4) is 0 Å². The van der Waals surface area contributed by atoms with Crippen LogP contribution in [-0.4, -0.2) is 21.6 Å². The molecule has 0 unspecified atom stereocenters. The van der Waals surface area contributed by atoms with Gasteiger partial charge in [-0.3, -0.25) is 9.59 Å². The number of amides is 1. The zero-order valence-electron chi connectivity index (χ0n) is 15.7. The molecule has 1 aromatic heterocycles. The van der Waals surface area contributed by atoms with Crippen molar-refractivity contribution >= 4 is 35.0 Å². The van der Waals surface area contributed by atoms with E-state index in [0.29, 0.717) is 22.0 Å². The fourth-order valence-electron chi connectivity index (χ4n) is 2.61. The third-order valence-electron chi connectivity index (χ3n) is 4.22. The highest BCUT2D eigenvalue weighted by Gasteiger charge is 2.15. The molecule has 0 saturated carbocycles. The number of aryl methyl sites for hydroxylation is 1. The minimum absolute atomic E-state index is 0.0358. The van der Waals surface area contributed by atoms with E-state index in [1.165, 1.54) is 0 Å². The number of nitriles is 1. The Bertz CT molecular complexity index is 1170. The van der Waals surface area contributed by atoms with E-state index < -0.39 is 5.56 Å². The van der Waals surface area contributed by atoms with Gasteiger partial charge in [-0.2, -0.15) is 5.26 Å². The zero-order valence-corrected chi connectivity index (χ0v) is 17.3. The maximum Gasteiger partial charge on any atom is 0.270 e. The molecule has 0 radical (unpaired) electrons. The van der Waals surface area contributed by atoms with Crippen LogP contribution in [0.1, 0.15) is 16.7 Å². The summed E-state index contributed by atoms with van der Waals surface area (Å²) < 4.78 is 0. The summed E-state index contributed by atoms with van der Waals surface area (Å²) >= 11 is 7.15. The van der Waals surface area contributed by atoms with Gasteiger partial charge in [-0.1, -0.05) is 59.3 Å². The second-order valence-corrected chi connectivity index (χ2v) is 7.69. The number of anilines is 1. The van der Waals surface area contributed by atoms with Crippen LogP contribution < -0.4 is 10.9 Å². The smallest absolute Gasteiger partial charge is 0.270 e. The number of rotatable bonds is 5. The monoisotopic (exact) mass is 424 g/mol. The molecule has 3 rings (SSSR count). The first-order valence-corrected chi connectivity index (χ1v) is 10.0. The van der Waals surface area contributed by atoms with Crippen LogP contribution in [0.2, 0.25) is 5.02 Å². The first kappa shape index (κ1) is 20.6. The number of benzene rings is 2.